The van der Waals surface area contributed by atoms with Crippen molar-refractivity contribution in [2.24, 2.45) is 0 Å². The summed E-state index contributed by atoms with van der Waals surface area (Å²) >= 11 is 0. The number of anilines is 2. The standard InChI is InChI=1S/C28H36N2/c1-17(2)23-13-19(5)27(20(6)14-23)29-25-9-11-26(12-10-25)30-28-21(7)15-24(18(3)4)16-22(28)8/h9-13,15,29-30H,14,16H2,1-8H3. The molecule has 0 atom stereocenters. The van der Waals surface area contributed by atoms with Crippen molar-refractivity contribution in [3.05, 3.63) is 92.4 Å². The molecule has 158 valence electrons. The van der Waals surface area contributed by atoms with Crippen molar-refractivity contribution >= 4 is 11.4 Å². The Morgan fingerprint density at radius 2 is 0.933 bits per heavy atom. The van der Waals surface area contributed by atoms with Gasteiger partial charge in [0.25, 0.3) is 0 Å². The second kappa shape index (κ2) is 8.95. The van der Waals surface area contributed by atoms with Crippen LogP contribution < -0.4 is 10.6 Å². The zero-order valence-corrected chi connectivity index (χ0v) is 19.9. The van der Waals surface area contributed by atoms with E-state index in [4.69, 9.17) is 0 Å². The quantitative estimate of drug-likeness (QED) is 0.530. The lowest BCUT2D eigenvalue weighted by Gasteiger charge is -2.23. The highest BCUT2D eigenvalue weighted by Crippen LogP contribution is 2.33. The Morgan fingerprint density at radius 1 is 0.600 bits per heavy atom. The highest BCUT2D eigenvalue weighted by atomic mass is 14.9. The fourth-order valence-corrected chi connectivity index (χ4v) is 4.17. The van der Waals surface area contributed by atoms with Gasteiger partial charge in [-0.15, -0.1) is 0 Å². The summed E-state index contributed by atoms with van der Waals surface area (Å²) in [5, 5.41) is 7.28. The predicted octanol–water partition coefficient (Wildman–Crippen LogP) is 8.43. The third-order valence-electron chi connectivity index (χ3n) is 6.04. The lowest BCUT2D eigenvalue weighted by molar-refractivity contribution is 1.03. The topological polar surface area (TPSA) is 24.1 Å². The molecule has 0 unspecified atom stereocenters. The Hall–Kier alpha value is -2.74. The van der Waals surface area contributed by atoms with Gasteiger partial charge in [0.1, 0.15) is 0 Å². The van der Waals surface area contributed by atoms with E-state index in [2.05, 4.69) is 102 Å². The van der Waals surface area contributed by atoms with Gasteiger partial charge in [-0.05, 0) is 126 Å². The average molecular weight is 401 g/mol. The first-order valence-corrected chi connectivity index (χ1v) is 10.9. The first-order chi connectivity index (χ1) is 14.2. The van der Waals surface area contributed by atoms with Crippen LogP contribution in [0.2, 0.25) is 0 Å². The van der Waals surface area contributed by atoms with Gasteiger partial charge in [0.05, 0.1) is 0 Å². The minimum absolute atomic E-state index is 1.02. The van der Waals surface area contributed by atoms with E-state index < -0.39 is 0 Å². The van der Waals surface area contributed by atoms with Crippen LogP contribution in [0.15, 0.2) is 92.4 Å². The van der Waals surface area contributed by atoms with Crippen LogP contribution in [0.3, 0.4) is 0 Å². The maximum absolute atomic E-state index is 3.64. The molecule has 0 bridgehead atoms. The lowest BCUT2D eigenvalue weighted by atomic mass is 9.91. The van der Waals surface area contributed by atoms with Crippen LogP contribution in [-0.4, -0.2) is 0 Å². The summed E-state index contributed by atoms with van der Waals surface area (Å²) in [6.07, 6.45) is 6.67. The molecule has 0 saturated carbocycles. The summed E-state index contributed by atoms with van der Waals surface area (Å²) in [5.41, 5.74) is 15.8. The Balaban J connectivity index is 1.74. The van der Waals surface area contributed by atoms with Crippen molar-refractivity contribution in [3.63, 3.8) is 0 Å². The normalized spacial score (nSPS) is 17.1. The second-order valence-electron chi connectivity index (χ2n) is 9.20. The Morgan fingerprint density at radius 3 is 1.20 bits per heavy atom. The van der Waals surface area contributed by atoms with Crippen molar-refractivity contribution in [1.82, 2.24) is 0 Å². The summed E-state index contributed by atoms with van der Waals surface area (Å²) in [6.45, 7) is 17.6. The van der Waals surface area contributed by atoms with Gasteiger partial charge in [-0.25, -0.2) is 0 Å². The number of allylic oxidation sites excluding steroid dienone is 10. The molecule has 3 rings (SSSR count). The molecular weight excluding hydrogens is 364 g/mol. The number of benzene rings is 1. The molecule has 2 heteroatoms. The molecule has 0 fully saturated rings. The highest BCUT2D eigenvalue weighted by molar-refractivity contribution is 5.64. The van der Waals surface area contributed by atoms with E-state index in [-0.39, 0.29) is 0 Å². The largest absolute Gasteiger partial charge is 0.355 e. The predicted molar refractivity (Wildman–Crippen MR) is 133 cm³/mol. The fourth-order valence-electron chi connectivity index (χ4n) is 4.17. The second-order valence-corrected chi connectivity index (χ2v) is 9.20. The molecular formula is C28H36N2. The summed E-state index contributed by atoms with van der Waals surface area (Å²) in [5.74, 6) is 0. The third-order valence-corrected chi connectivity index (χ3v) is 6.04. The van der Waals surface area contributed by atoms with E-state index in [0.717, 1.165) is 24.2 Å². The van der Waals surface area contributed by atoms with Gasteiger partial charge in [-0.3, -0.25) is 0 Å². The lowest BCUT2D eigenvalue weighted by Crippen LogP contribution is -2.10. The van der Waals surface area contributed by atoms with E-state index in [1.165, 1.54) is 56.0 Å². The van der Waals surface area contributed by atoms with Gasteiger partial charge in [0, 0.05) is 22.8 Å². The highest BCUT2D eigenvalue weighted by Gasteiger charge is 2.15. The molecule has 0 saturated heterocycles. The molecule has 1 aromatic rings. The van der Waals surface area contributed by atoms with Crippen molar-refractivity contribution in [1.29, 1.82) is 0 Å². The van der Waals surface area contributed by atoms with Gasteiger partial charge in [-0.1, -0.05) is 23.3 Å². The first-order valence-electron chi connectivity index (χ1n) is 10.9. The molecule has 2 nitrogen and oxygen atoms in total. The van der Waals surface area contributed by atoms with Crippen LogP contribution in [0.25, 0.3) is 0 Å². The van der Waals surface area contributed by atoms with Gasteiger partial charge < -0.3 is 10.6 Å². The van der Waals surface area contributed by atoms with Gasteiger partial charge in [-0.2, -0.15) is 0 Å². The minimum Gasteiger partial charge on any atom is -0.355 e. The van der Waals surface area contributed by atoms with Crippen molar-refractivity contribution in [2.45, 2.75) is 68.2 Å². The molecule has 0 aromatic heterocycles. The summed E-state index contributed by atoms with van der Waals surface area (Å²) in [7, 11) is 0. The van der Waals surface area contributed by atoms with Crippen LogP contribution in [0.5, 0.6) is 0 Å². The number of hydrogen-bond acceptors (Lipinski definition) is 2. The van der Waals surface area contributed by atoms with Crippen molar-refractivity contribution in [2.75, 3.05) is 10.6 Å². The summed E-state index contributed by atoms with van der Waals surface area (Å²) in [6, 6.07) is 8.63. The molecule has 0 radical (unpaired) electrons. The minimum atomic E-state index is 1.02. The van der Waals surface area contributed by atoms with Crippen LogP contribution in [0.1, 0.15) is 68.2 Å². The SMILES string of the molecule is CC1=CC(=C(C)C)CC(C)=C1Nc1ccc(NC2=C(C)CC(=C(C)C)C=C2C)cc1. The molecule has 2 aliphatic carbocycles. The summed E-state index contributed by atoms with van der Waals surface area (Å²) in [4.78, 5) is 0. The maximum atomic E-state index is 3.64. The maximum Gasteiger partial charge on any atom is 0.0406 e. The molecule has 2 N–H and O–H groups in total. The van der Waals surface area contributed by atoms with Gasteiger partial charge in [0.2, 0.25) is 0 Å². The van der Waals surface area contributed by atoms with Crippen LogP contribution >= 0.6 is 0 Å². The van der Waals surface area contributed by atoms with E-state index >= 15 is 0 Å². The van der Waals surface area contributed by atoms with Crippen LogP contribution in [0, 0.1) is 0 Å². The Bertz CT molecular complexity index is 942. The first kappa shape index (κ1) is 22.0. The fraction of sp³-hybridized carbons (Fsp3) is 0.357. The molecule has 0 heterocycles. The average Bonchev–Trinajstić information content (AvgIpc) is 2.68. The molecule has 0 spiro atoms. The smallest absolute Gasteiger partial charge is 0.0406 e. The molecule has 1 aromatic carbocycles. The number of rotatable bonds is 4. The van der Waals surface area contributed by atoms with Gasteiger partial charge in [0.15, 0.2) is 0 Å². The number of nitrogens with one attached hydrogen (secondary N) is 2. The Kier molecular flexibility index (Phi) is 6.55. The van der Waals surface area contributed by atoms with E-state index in [1.807, 2.05) is 0 Å². The molecule has 0 aliphatic heterocycles. The van der Waals surface area contributed by atoms with Crippen molar-refractivity contribution in [3.8, 4) is 0 Å². The van der Waals surface area contributed by atoms with Crippen molar-refractivity contribution < 1.29 is 0 Å². The van der Waals surface area contributed by atoms with Gasteiger partial charge >= 0.3 is 0 Å². The number of hydrogen-bond donors (Lipinski definition) is 2. The molecule has 2 aliphatic rings. The van der Waals surface area contributed by atoms with E-state index in [0.29, 0.717) is 0 Å². The third kappa shape index (κ3) is 4.87. The summed E-state index contributed by atoms with van der Waals surface area (Å²) < 4.78 is 0. The van der Waals surface area contributed by atoms with E-state index in [1.54, 1.807) is 0 Å². The Labute approximate surface area is 182 Å². The van der Waals surface area contributed by atoms with Crippen LogP contribution in [0.4, 0.5) is 11.4 Å². The zero-order valence-electron chi connectivity index (χ0n) is 19.9. The molecule has 30 heavy (non-hydrogen) atoms. The van der Waals surface area contributed by atoms with E-state index in [9.17, 15) is 0 Å². The molecule has 0 amide bonds. The van der Waals surface area contributed by atoms with Crippen LogP contribution in [-0.2, 0) is 0 Å². The monoisotopic (exact) mass is 400 g/mol. The zero-order chi connectivity index (χ0) is 22.0.